The normalized spacial score (nSPS) is 6.43. The van der Waals surface area contributed by atoms with Crippen molar-refractivity contribution in [1.82, 2.24) is 15.3 Å². The smallest absolute Gasteiger partial charge is 0.319 e. The maximum absolute atomic E-state index is 10.3. The van der Waals surface area contributed by atoms with Crippen LogP contribution < -0.4 is 10.4 Å². The second-order valence-electron chi connectivity index (χ2n) is 2.06. The molecule has 0 aliphatic carbocycles. The number of urea groups is 1. The Morgan fingerprint density at radius 3 is 1.71 bits per heavy atom. The third-order valence-electron chi connectivity index (χ3n) is 0.582. The molecule has 2 unspecified atom stereocenters. The van der Waals surface area contributed by atoms with Crippen LogP contribution in [0.1, 0.15) is 0 Å². The lowest BCUT2D eigenvalue weighted by atomic mass is 10.9. The Balaban J connectivity index is -0.000000147. The quantitative estimate of drug-likeness (QED) is 0.355. The molecule has 0 saturated heterocycles. The number of carbonyl (C=O) groups excluding carboxylic acids is 2. The van der Waals surface area contributed by atoms with Crippen molar-refractivity contribution in [3.8, 4) is 0 Å². The zero-order valence-electron chi connectivity index (χ0n) is 8.87. The Bertz CT molecular complexity index is 171. The van der Waals surface area contributed by atoms with Crippen molar-refractivity contribution in [2.45, 2.75) is 0 Å². The van der Waals surface area contributed by atoms with Crippen molar-refractivity contribution in [2.24, 2.45) is 4.76 Å². The van der Waals surface area contributed by atoms with E-state index in [1.807, 2.05) is 23.5 Å². The van der Waals surface area contributed by atoms with Crippen molar-refractivity contribution < 1.29 is 9.59 Å². The van der Waals surface area contributed by atoms with Gasteiger partial charge in [0.05, 0.1) is 0 Å². The van der Waals surface area contributed by atoms with Gasteiger partial charge in [-0.25, -0.2) is 9.59 Å². The number of amides is 2. The maximum atomic E-state index is 10.3. The van der Waals surface area contributed by atoms with Gasteiger partial charge in [0.15, 0.2) is 0 Å². The highest BCUT2D eigenvalue weighted by atomic mass is 31.0. The Morgan fingerprint density at radius 2 is 1.71 bits per heavy atom. The topological polar surface area (TPSA) is 73.8 Å². The first-order chi connectivity index (χ1) is 6.51. The highest BCUT2D eigenvalue weighted by molar-refractivity contribution is 7.15. The van der Waals surface area contributed by atoms with Crippen LogP contribution in [0.4, 0.5) is 4.79 Å². The van der Waals surface area contributed by atoms with Crippen LogP contribution in [-0.4, -0.2) is 45.2 Å². The Kier molecular flexibility index (Phi) is 25.0. The van der Waals surface area contributed by atoms with Gasteiger partial charge in [0.2, 0.25) is 6.08 Å². The summed E-state index contributed by atoms with van der Waals surface area (Å²) in [4.78, 5) is 20.6. The van der Waals surface area contributed by atoms with Crippen LogP contribution in [0.25, 0.3) is 0 Å². The number of rotatable bonds is 0. The van der Waals surface area contributed by atoms with E-state index >= 15 is 0 Å². The molecule has 2 N–H and O–H groups in total. The molecule has 84 valence electrons. The maximum Gasteiger partial charge on any atom is 0.319 e. The van der Waals surface area contributed by atoms with Crippen molar-refractivity contribution in [3.63, 3.8) is 0 Å². The Labute approximate surface area is 89.4 Å². The average Bonchev–Trinajstić information content (AvgIpc) is 2.18. The molecule has 0 fully saturated rings. The zero-order chi connectivity index (χ0) is 12.0. The number of nitrogens with zero attached hydrogens (tertiary/aromatic N) is 2. The van der Waals surface area contributed by atoms with Gasteiger partial charge in [-0.3, -0.25) is 0 Å². The Morgan fingerprint density at radius 1 is 1.43 bits per heavy atom. The predicted molar refractivity (Wildman–Crippen MR) is 64.7 cm³/mol. The molecule has 2 atom stereocenters. The van der Waals surface area contributed by atoms with Gasteiger partial charge in [-0.15, -0.1) is 0 Å². The summed E-state index contributed by atoms with van der Waals surface area (Å²) >= 11 is 0. The van der Waals surface area contributed by atoms with Gasteiger partial charge in [0, 0.05) is 23.5 Å². The van der Waals surface area contributed by atoms with E-state index in [-0.39, 0.29) is 6.03 Å². The molecule has 0 radical (unpaired) electrons. The molecule has 2 amide bonds. The third kappa shape index (κ3) is 30.0. The van der Waals surface area contributed by atoms with Crippen LogP contribution in [0.3, 0.4) is 0 Å². The molecule has 0 aromatic heterocycles. The van der Waals surface area contributed by atoms with Crippen LogP contribution in [0.5, 0.6) is 0 Å². The predicted octanol–water partition coefficient (Wildman–Crippen LogP) is -0.00440. The van der Waals surface area contributed by atoms with Gasteiger partial charge >= 0.3 is 6.03 Å². The lowest BCUT2D eigenvalue weighted by Gasteiger charge is -2.06. The van der Waals surface area contributed by atoms with E-state index in [0.29, 0.717) is 0 Å². The molecule has 0 aromatic rings. The van der Waals surface area contributed by atoms with Crippen LogP contribution in [0.15, 0.2) is 4.76 Å². The number of nitrogens with one attached hydrogen (secondary N) is 2. The minimum Gasteiger partial charge on any atom is -0.331 e. The van der Waals surface area contributed by atoms with Crippen molar-refractivity contribution >= 4 is 30.9 Å². The lowest BCUT2D eigenvalue weighted by Crippen LogP contribution is -2.27. The van der Waals surface area contributed by atoms with E-state index in [9.17, 15) is 4.79 Å². The van der Waals surface area contributed by atoms with Gasteiger partial charge < -0.3 is 15.3 Å². The summed E-state index contributed by atoms with van der Waals surface area (Å²) in [7, 11) is 11.1. The highest BCUT2D eigenvalue weighted by Gasteiger charge is 1.94. The highest BCUT2D eigenvalue weighted by Crippen LogP contribution is 1.77. The molecule has 8 heteroatoms. The summed E-state index contributed by atoms with van der Waals surface area (Å²) in [6, 6.07) is -0.106. The number of hydrogen-bond acceptors (Lipinski definition) is 4. The van der Waals surface area contributed by atoms with Crippen LogP contribution in [0, 0.1) is 0 Å². The second-order valence-corrected chi connectivity index (χ2v) is 2.61. The van der Waals surface area contributed by atoms with E-state index in [1.54, 1.807) is 14.1 Å². The minimum atomic E-state index is -0.106. The first kappa shape index (κ1) is 19.1. The third-order valence-corrected chi connectivity index (χ3v) is 0.935. The summed E-state index contributed by atoms with van der Waals surface area (Å²) in [5.74, 6) is 0. The summed E-state index contributed by atoms with van der Waals surface area (Å²) in [6.45, 7) is 0. The largest absolute Gasteiger partial charge is 0.331 e. The van der Waals surface area contributed by atoms with E-state index in [1.165, 1.54) is 11.0 Å². The minimum absolute atomic E-state index is 0.106. The van der Waals surface area contributed by atoms with Crippen molar-refractivity contribution in [2.75, 3.05) is 28.2 Å². The second kappa shape index (κ2) is 18.3. The molecular weight excluding hydrogens is 222 g/mol. The molecule has 0 bridgehead atoms. The molecule has 14 heavy (non-hydrogen) atoms. The molecule has 0 aliphatic rings. The van der Waals surface area contributed by atoms with Gasteiger partial charge in [-0.1, -0.05) is 0 Å². The van der Waals surface area contributed by atoms with Gasteiger partial charge in [0.1, 0.15) is 0 Å². The average molecular weight is 240 g/mol. The molecule has 6 nitrogen and oxygen atoms in total. The molecule has 0 heterocycles. The van der Waals surface area contributed by atoms with Crippen LogP contribution >= 0.6 is 18.8 Å². The molecule has 0 saturated carbocycles. The van der Waals surface area contributed by atoms with Crippen LogP contribution in [-0.2, 0) is 4.79 Å². The molecular formula is C6H18N4O2P2. The molecule has 0 spiro atoms. The van der Waals surface area contributed by atoms with Gasteiger partial charge in [-0.2, -0.15) is 4.76 Å². The fourth-order valence-electron chi connectivity index (χ4n) is 0.129. The molecule has 0 aromatic carbocycles. The fourth-order valence-corrected chi connectivity index (χ4v) is 0.387. The van der Waals surface area contributed by atoms with Gasteiger partial charge in [0.25, 0.3) is 0 Å². The standard InChI is InChI=1S/C3H9N2OP.C2H7N.CH2NOP/c1-5(2)3(6)4-7;1-3-2;3-1-2-4/h7H2,1-2H3,(H,4,6);3H,1-2H3;4H2. The zero-order valence-corrected chi connectivity index (χ0v) is 11.2. The summed E-state index contributed by atoms with van der Waals surface area (Å²) in [6.07, 6.45) is 1.27. The van der Waals surface area contributed by atoms with Crippen molar-refractivity contribution in [1.29, 1.82) is 0 Å². The number of carbonyl (C=O) groups is 1. The lowest BCUT2D eigenvalue weighted by molar-refractivity contribution is 0.224. The molecule has 0 rings (SSSR count). The van der Waals surface area contributed by atoms with E-state index in [0.717, 1.165) is 0 Å². The Hall–Kier alpha value is -0.530. The summed E-state index contributed by atoms with van der Waals surface area (Å²) in [5.41, 5.74) is 0. The van der Waals surface area contributed by atoms with Crippen molar-refractivity contribution in [3.05, 3.63) is 0 Å². The number of isocyanates is 1. The number of hydrogen-bond donors (Lipinski definition) is 2. The van der Waals surface area contributed by atoms with Crippen LogP contribution in [0.2, 0.25) is 0 Å². The van der Waals surface area contributed by atoms with E-state index in [2.05, 4.69) is 24.6 Å². The van der Waals surface area contributed by atoms with Gasteiger partial charge in [-0.05, 0) is 23.5 Å². The first-order valence-electron chi connectivity index (χ1n) is 3.55. The van der Waals surface area contributed by atoms with E-state index in [4.69, 9.17) is 4.79 Å². The first-order valence-corrected chi connectivity index (χ1v) is 4.64. The molecule has 0 aliphatic heterocycles. The summed E-state index contributed by atoms with van der Waals surface area (Å²) < 4.78 is 2.85. The monoisotopic (exact) mass is 240 g/mol. The van der Waals surface area contributed by atoms with E-state index < -0.39 is 0 Å². The summed E-state index contributed by atoms with van der Waals surface area (Å²) in [5, 5.41) is 5.12. The fraction of sp³-hybridized carbons (Fsp3) is 0.667. The SMILES string of the molecule is CN(C)C(=O)NP.CNC.O=C=NP.